The summed E-state index contributed by atoms with van der Waals surface area (Å²) in [7, 11) is 0. The number of allylic oxidation sites excluding steroid dienone is 3. The van der Waals surface area contributed by atoms with Crippen LogP contribution in [0, 0.1) is 0 Å². The van der Waals surface area contributed by atoms with Crippen molar-refractivity contribution in [1.82, 2.24) is 0 Å². The molecule has 22 heavy (non-hydrogen) atoms. The summed E-state index contributed by atoms with van der Waals surface area (Å²) in [5.41, 5.74) is 13.9. The van der Waals surface area contributed by atoms with Crippen molar-refractivity contribution in [2.75, 3.05) is 0 Å². The van der Waals surface area contributed by atoms with Gasteiger partial charge in [0, 0.05) is 5.56 Å². The van der Waals surface area contributed by atoms with E-state index in [0.29, 0.717) is 11.1 Å². The third kappa shape index (κ3) is 1.98. The molecule has 3 rings (SSSR count). The number of amides is 1. The van der Waals surface area contributed by atoms with Crippen LogP contribution in [0.3, 0.4) is 0 Å². The molecule has 0 saturated heterocycles. The highest BCUT2D eigenvalue weighted by Crippen LogP contribution is 2.50. The topological polar surface area (TPSA) is 102 Å². The Morgan fingerprint density at radius 2 is 2.14 bits per heavy atom. The van der Waals surface area contributed by atoms with Gasteiger partial charge in [0.05, 0.1) is 0 Å². The van der Waals surface area contributed by atoms with Crippen LogP contribution >= 0.6 is 0 Å². The van der Waals surface area contributed by atoms with Crippen molar-refractivity contribution in [2.45, 2.75) is 18.9 Å². The number of guanidine groups is 1. The van der Waals surface area contributed by atoms with Gasteiger partial charge in [0.15, 0.2) is 5.96 Å². The Kier molecular flexibility index (Phi) is 3.04. The molecule has 0 fully saturated rings. The lowest BCUT2D eigenvalue weighted by Gasteiger charge is -2.22. The number of carbonyl (C=O) groups excluding carboxylic acids is 1. The third-order valence-corrected chi connectivity index (χ3v) is 4.09. The minimum Gasteiger partial charge on any atom is -0.381 e. The average molecular weight is 295 g/mol. The Morgan fingerprint density at radius 1 is 1.41 bits per heavy atom. The Balaban J connectivity index is 2.15. The minimum atomic E-state index is -1.17. The van der Waals surface area contributed by atoms with E-state index in [1.807, 2.05) is 18.2 Å². The minimum absolute atomic E-state index is 0.286. The highest BCUT2D eigenvalue weighted by atomic mass is 16.3. The molecule has 1 unspecified atom stereocenters. The standard InChI is InChI=1S/C17H17N3O2/c1-9-4-3-5-12-14(9)11-7-6-10(15(21)20-16(18)19)8-13(11)17(12,2)22/h3,5-8,22H,1,4H2,2H3,(H4,18,19,20,21). The largest absolute Gasteiger partial charge is 0.381 e. The maximum absolute atomic E-state index is 12.0. The third-order valence-electron chi connectivity index (χ3n) is 4.09. The van der Waals surface area contributed by atoms with E-state index in [0.717, 1.165) is 28.7 Å². The fourth-order valence-corrected chi connectivity index (χ4v) is 3.06. The van der Waals surface area contributed by atoms with Crippen molar-refractivity contribution in [3.63, 3.8) is 0 Å². The number of hydrogen-bond acceptors (Lipinski definition) is 2. The number of hydrogen-bond donors (Lipinski definition) is 3. The quantitative estimate of drug-likeness (QED) is 0.541. The van der Waals surface area contributed by atoms with Crippen LogP contribution in [0.25, 0.3) is 5.57 Å². The summed E-state index contributed by atoms with van der Waals surface area (Å²) in [6.07, 6.45) is 4.65. The summed E-state index contributed by atoms with van der Waals surface area (Å²) in [6, 6.07) is 5.11. The molecular formula is C17H17N3O2. The average Bonchev–Trinajstić information content (AvgIpc) is 2.68. The predicted octanol–water partition coefficient (Wildman–Crippen LogP) is 1.59. The van der Waals surface area contributed by atoms with Gasteiger partial charge in [0.25, 0.3) is 5.91 Å². The molecule has 0 bridgehead atoms. The van der Waals surface area contributed by atoms with Gasteiger partial charge in [-0.15, -0.1) is 0 Å². The first-order valence-corrected chi connectivity index (χ1v) is 6.93. The SMILES string of the molecule is C=C1CC=CC2=C1c1ccc(C(=O)N=C(N)N)cc1C2(C)O. The van der Waals surface area contributed by atoms with Gasteiger partial charge in [-0.1, -0.05) is 24.8 Å². The van der Waals surface area contributed by atoms with E-state index in [9.17, 15) is 9.90 Å². The van der Waals surface area contributed by atoms with Crippen LogP contribution in [-0.2, 0) is 5.60 Å². The van der Waals surface area contributed by atoms with Gasteiger partial charge in [-0.3, -0.25) is 4.79 Å². The van der Waals surface area contributed by atoms with Crippen molar-refractivity contribution in [2.24, 2.45) is 16.5 Å². The molecule has 2 aliphatic rings. The molecule has 2 aliphatic carbocycles. The lowest BCUT2D eigenvalue weighted by atomic mass is 9.88. The Labute approximate surface area is 128 Å². The first-order valence-electron chi connectivity index (χ1n) is 6.93. The smallest absolute Gasteiger partial charge is 0.280 e. The molecule has 112 valence electrons. The van der Waals surface area contributed by atoms with Crippen LogP contribution in [0.1, 0.15) is 34.8 Å². The zero-order valence-electron chi connectivity index (χ0n) is 12.3. The van der Waals surface area contributed by atoms with E-state index in [1.54, 1.807) is 19.1 Å². The summed E-state index contributed by atoms with van der Waals surface area (Å²) >= 11 is 0. The number of aliphatic hydroxyl groups is 1. The summed E-state index contributed by atoms with van der Waals surface area (Å²) in [5, 5.41) is 10.9. The summed E-state index contributed by atoms with van der Waals surface area (Å²) in [6.45, 7) is 5.79. The van der Waals surface area contributed by atoms with Crippen molar-refractivity contribution in [1.29, 1.82) is 0 Å². The number of nitrogens with zero attached hydrogens (tertiary/aromatic N) is 1. The molecule has 0 aliphatic heterocycles. The van der Waals surface area contributed by atoms with E-state index >= 15 is 0 Å². The van der Waals surface area contributed by atoms with Crippen molar-refractivity contribution in [3.05, 3.63) is 64.8 Å². The maximum atomic E-state index is 12.0. The molecule has 5 heteroatoms. The molecule has 0 heterocycles. The zero-order valence-corrected chi connectivity index (χ0v) is 12.3. The normalized spacial score (nSPS) is 22.4. The molecule has 1 aromatic carbocycles. The zero-order chi connectivity index (χ0) is 16.1. The molecule has 1 atom stereocenters. The second kappa shape index (κ2) is 4.68. The number of benzene rings is 1. The van der Waals surface area contributed by atoms with Crippen LogP contribution in [0.5, 0.6) is 0 Å². The summed E-state index contributed by atoms with van der Waals surface area (Å²) < 4.78 is 0. The fraction of sp³-hybridized carbons (Fsp3) is 0.176. The predicted molar refractivity (Wildman–Crippen MR) is 86.0 cm³/mol. The van der Waals surface area contributed by atoms with E-state index in [-0.39, 0.29) is 5.96 Å². The highest BCUT2D eigenvalue weighted by molar-refractivity contribution is 6.03. The van der Waals surface area contributed by atoms with E-state index in [4.69, 9.17) is 11.5 Å². The number of nitrogens with two attached hydrogens (primary N) is 2. The Bertz CT molecular complexity index is 794. The number of carbonyl (C=O) groups is 1. The second-order valence-corrected chi connectivity index (χ2v) is 5.67. The number of rotatable bonds is 1. The van der Waals surface area contributed by atoms with Crippen LogP contribution in [0.15, 0.2) is 53.1 Å². The van der Waals surface area contributed by atoms with E-state index in [2.05, 4.69) is 11.6 Å². The highest BCUT2D eigenvalue weighted by Gasteiger charge is 2.40. The van der Waals surface area contributed by atoms with Gasteiger partial charge in [0.1, 0.15) is 5.60 Å². The maximum Gasteiger partial charge on any atom is 0.280 e. The fourth-order valence-electron chi connectivity index (χ4n) is 3.06. The molecule has 1 amide bonds. The van der Waals surface area contributed by atoms with Crippen molar-refractivity contribution in [3.8, 4) is 0 Å². The summed E-state index contributed by atoms with van der Waals surface area (Å²) in [5.74, 6) is -0.816. The molecule has 0 saturated carbocycles. The van der Waals surface area contributed by atoms with Gasteiger partial charge in [-0.25, -0.2) is 0 Å². The molecule has 5 nitrogen and oxygen atoms in total. The first kappa shape index (κ1) is 14.3. The Hall–Kier alpha value is -2.66. The van der Waals surface area contributed by atoms with Crippen LogP contribution < -0.4 is 11.5 Å². The second-order valence-electron chi connectivity index (χ2n) is 5.67. The van der Waals surface area contributed by atoms with Crippen molar-refractivity contribution < 1.29 is 9.90 Å². The Morgan fingerprint density at radius 3 is 2.82 bits per heavy atom. The van der Waals surface area contributed by atoms with E-state index < -0.39 is 11.5 Å². The molecule has 0 aromatic heterocycles. The summed E-state index contributed by atoms with van der Waals surface area (Å²) in [4.78, 5) is 15.5. The molecular weight excluding hydrogens is 278 g/mol. The van der Waals surface area contributed by atoms with Crippen LogP contribution in [0.4, 0.5) is 0 Å². The lowest BCUT2D eigenvalue weighted by molar-refractivity contribution is 0.0998. The van der Waals surface area contributed by atoms with Gasteiger partial charge < -0.3 is 16.6 Å². The molecule has 0 spiro atoms. The van der Waals surface area contributed by atoms with Gasteiger partial charge in [0.2, 0.25) is 0 Å². The molecule has 1 aromatic rings. The van der Waals surface area contributed by atoms with Gasteiger partial charge in [-0.2, -0.15) is 4.99 Å². The van der Waals surface area contributed by atoms with Gasteiger partial charge in [-0.05, 0) is 53.3 Å². The first-order chi connectivity index (χ1) is 10.3. The number of fused-ring (bicyclic) bond motifs is 2. The van der Waals surface area contributed by atoms with Crippen molar-refractivity contribution >= 4 is 17.4 Å². The van der Waals surface area contributed by atoms with E-state index in [1.165, 1.54) is 0 Å². The lowest BCUT2D eigenvalue weighted by Crippen LogP contribution is -2.24. The van der Waals surface area contributed by atoms with Crippen LogP contribution in [0.2, 0.25) is 0 Å². The number of aliphatic imine (C=N–C) groups is 1. The van der Waals surface area contributed by atoms with Gasteiger partial charge >= 0.3 is 0 Å². The monoisotopic (exact) mass is 295 g/mol. The van der Waals surface area contributed by atoms with Crippen LogP contribution in [-0.4, -0.2) is 17.0 Å². The molecule has 0 radical (unpaired) electrons. The molecule has 5 N–H and O–H groups in total.